The fourth-order valence-corrected chi connectivity index (χ4v) is 1.58. The quantitative estimate of drug-likeness (QED) is 0.890. The summed E-state index contributed by atoms with van der Waals surface area (Å²) < 4.78 is 16.0. The van der Waals surface area contributed by atoms with Crippen molar-refractivity contribution in [1.29, 1.82) is 0 Å². The Balaban J connectivity index is 2.37. The zero-order chi connectivity index (χ0) is 13.8. The van der Waals surface area contributed by atoms with Crippen LogP contribution >= 0.6 is 0 Å². The van der Waals surface area contributed by atoms with Gasteiger partial charge in [0.05, 0.1) is 20.3 Å². The molecular formula is C13H17N3O3. The molecule has 0 aliphatic rings. The number of benzene rings is 1. The first-order chi connectivity index (χ1) is 9.17. The van der Waals surface area contributed by atoms with Gasteiger partial charge in [-0.2, -0.15) is 0 Å². The van der Waals surface area contributed by atoms with Crippen molar-refractivity contribution < 1.29 is 13.9 Å². The van der Waals surface area contributed by atoms with E-state index >= 15 is 0 Å². The van der Waals surface area contributed by atoms with E-state index in [0.29, 0.717) is 23.3 Å². The third kappa shape index (κ3) is 2.85. The molecule has 1 atom stereocenters. The van der Waals surface area contributed by atoms with E-state index in [1.807, 2.05) is 26.1 Å². The first kappa shape index (κ1) is 13.4. The molecule has 6 heteroatoms. The van der Waals surface area contributed by atoms with E-state index in [1.54, 1.807) is 20.3 Å². The Labute approximate surface area is 111 Å². The molecule has 2 aromatic rings. The van der Waals surface area contributed by atoms with Gasteiger partial charge >= 0.3 is 0 Å². The van der Waals surface area contributed by atoms with E-state index in [9.17, 15) is 0 Å². The van der Waals surface area contributed by atoms with Crippen molar-refractivity contribution in [3.8, 4) is 23.0 Å². The van der Waals surface area contributed by atoms with Gasteiger partial charge in [0, 0.05) is 11.6 Å². The highest BCUT2D eigenvalue weighted by molar-refractivity contribution is 5.59. The standard InChI is InChI=1S/C13H17N3O3/c1-8(14-2)12-15-16-13(19-12)9-5-10(17-3)7-11(6-9)18-4/h5-8,14H,1-4H3. The zero-order valence-electron chi connectivity index (χ0n) is 11.4. The fourth-order valence-electron chi connectivity index (χ4n) is 1.58. The predicted molar refractivity (Wildman–Crippen MR) is 70.3 cm³/mol. The number of ether oxygens (including phenoxy) is 2. The van der Waals surface area contributed by atoms with Crippen LogP contribution in [0.4, 0.5) is 0 Å². The van der Waals surface area contributed by atoms with Crippen molar-refractivity contribution in [3.63, 3.8) is 0 Å². The number of hydrogen-bond donors (Lipinski definition) is 1. The monoisotopic (exact) mass is 263 g/mol. The lowest BCUT2D eigenvalue weighted by molar-refractivity contribution is 0.394. The van der Waals surface area contributed by atoms with E-state index in [4.69, 9.17) is 13.9 Å². The summed E-state index contributed by atoms with van der Waals surface area (Å²) >= 11 is 0. The second-order valence-electron chi connectivity index (χ2n) is 4.06. The molecule has 0 bridgehead atoms. The van der Waals surface area contributed by atoms with Gasteiger partial charge in [0.1, 0.15) is 11.5 Å². The van der Waals surface area contributed by atoms with E-state index in [0.717, 1.165) is 5.56 Å². The summed E-state index contributed by atoms with van der Waals surface area (Å²) in [5.41, 5.74) is 0.762. The SMILES string of the molecule is CNC(C)c1nnc(-c2cc(OC)cc(OC)c2)o1. The first-order valence-electron chi connectivity index (χ1n) is 5.92. The molecule has 0 aliphatic carbocycles. The lowest BCUT2D eigenvalue weighted by atomic mass is 10.2. The first-order valence-corrected chi connectivity index (χ1v) is 5.92. The summed E-state index contributed by atoms with van der Waals surface area (Å²) in [6, 6.07) is 5.44. The highest BCUT2D eigenvalue weighted by atomic mass is 16.5. The third-order valence-corrected chi connectivity index (χ3v) is 2.84. The number of aromatic nitrogens is 2. The van der Waals surface area contributed by atoms with Gasteiger partial charge in [0.2, 0.25) is 11.8 Å². The Kier molecular flexibility index (Phi) is 4.01. The molecule has 1 aromatic heterocycles. The summed E-state index contributed by atoms with van der Waals surface area (Å²) in [6.07, 6.45) is 0. The molecule has 0 radical (unpaired) electrons. The second kappa shape index (κ2) is 5.71. The molecule has 0 saturated heterocycles. The third-order valence-electron chi connectivity index (χ3n) is 2.84. The van der Waals surface area contributed by atoms with E-state index in [1.165, 1.54) is 0 Å². The van der Waals surface area contributed by atoms with Crippen LogP contribution in [0.2, 0.25) is 0 Å². The Bertz CT molecular complexity index is 532. The van der Waals surface area contributed by atoms with Gasteiger partial charge in [-0.25, -0.2) is 0 Å². The number of nitrogens with one attached hydrogen (secondary N) is 1. The molecular weight excluding hydrogens is 246 g/mol. The van der Waals surface area contributed by atoms with Crippen LogP contribution < -0.4 is 14.8 Å². The molecule has 1 N–H and O–H groups in total. The Morgan fingerprint density at radius 1 is 1.11 bits per heavy atom. The van der Waals surface area contributed by atoms with Crippen LogP contribution in [-0.4, -0.2) is 31.5 Å². The summed E-state index contributed by atoms with van der Waals surface area (Å²) in [7, 11) is 5.03. The Hall–Kier alpha value is -2.08. The number of hydrogen-bond acceptors (Lipinski definition) is 6. The highest BCUT2D eigenvalue weighted by Gasteiger charge is 2.14. The van der Waals surface area contributed by atoms with E-state index in [2.05, 4.69) is 15.5 Å². The lowest BCUT2D eigenvalue weighted by Gasteiger charge is -2.06. The minimum Gasteiger partial charge on any atom is -0.497 e. The van der Waals surface area contributed by atoms with Crippen molar-refractivity contribution >= 4 is 0 Å². The van der Waals surface area contributed by atoms with Crippen molar-refractivity contribution in [1.82, 2.24) is 15.5 Å². The molecule has 1 heterocycles. The van der Waals surface area contributed by atoms with Crippen LogP contribution in [0.3, 0.4) is 0 Å². The maximum absolute atomic E-state index is 5.63. The van der Waals surface area contributed by atoms with Gasteiger partial charge in [-0.3, -0.25) is 0 Å². The molecule has 0 amide bonds. The van der Waals surface area contributed by atoms with Crippen LogP contribution in [-0.2, 0) is 0 Å². The number of rotatable bonds is 5. The summed E-state index contributed by atoms with van der Waals surface area (Å²) in [5.74, 6) is 2.33. The molecule has 1 aromatic carbocycles. The Morgan fingerprint density at radius 2 is 1.74 bits per heavy atom. The summed E-state index contributed by atoms with van der Waals surface area (Å²) in [5, 5.41) is 11.1. The van der Waals surface area contributed by atoms with Crippen molar-refractivity contribution in [2.45, 2.75) is 13.0 Å². The van der Waals surface area contributed by atoms with Gasteiger partial charge in [0.15, 0.2) is 0 Å². The van der Waals surface area contributed by atoms with E-state index in [-0.39, 0.29) is 6.04 Å². The van der Waals surface area contributed by atoms with Crippen molar-refractivity contribution in [2.75, 3.05) is 21.3 Å². The lowest BCUT2D eigenvalue weighted by Crippen LogP contribution is -2.12. The largest absolute Gasteiger partial charge is 0.497 e. The maximum atomic E-state index is 5.63. The van der Waals surface area contributed by atoms with Gasteiger partial charge in [-0.1, -0.05) is 0 Å². The number of nitrogens with zero attached hydrogens (tertiary/aromatic N) is 2. The molecule has 0 fully saturated rings. The average Bonchev–Trinajstić information content (AvgIpc) is 2.95. The Morgan fingerprint density at radius 3 is 2.26 bits per heavy atom. The minimum atomic E-state index is 0.00810. The molecule has 0 saturated carbocycles. The van der Waals surface area contributed by atoms with Crippen molar-refractivity contribution in [2.24, 2.45) is 0 Å². The fraction of sp³-hybridized carbons (Fsp3) is 0.385. The van der Waals surface area contributed by atoms with Gasteiger partial charge in [0.25, 0.3) is 0 Å². The molecule has 2 rings (SSSR count). The maximum Gasteiger partial charge on any atom is 0.248 e. The summed E-state index contributed by atoms with van der Waals surface area (Å²) in [6.45, 7) is 1.95. The van der Waals surface area contributed by atoms with Crippen LogP contribution in [0.15, 0.2) is 22.6 Å². The molecule has 0 aliphatic heterocycles. The predicted octanol–water partition coefficient (Wildman–Crippen LogP) is 2.03. The van der Waals surface area contributed by atoms with Crippen LogP contribution in [0.1, 0.15) is 18.9 Å². The topological polar surface area (TPSA) is 69.4 Å². The molecule has 1 unspecified atom stereocenters. The number of methoxy groups -OCH3 is 2. The normalized spacial score (nSPS) is 12.2. The second-order valence-corrected chi connectivity index (χ2v) is 4.06. The van der Waals surface area contributed by atoms with Gasteiger partial charge < -0.3 is 19.2 Å². The minimum absolute atomic E-state index is 0.00810. The van der Waals surface area contributed by atoms with Crippen LogP contribution in [0.5, 0.6) is 11.5 Å². The van der Waals surface area contributed by atoms with Crippen molar-refractivity contribution in [3.05, 3.63) is 24.1 Å². The molecule has 6 nitrogen and oxygen atoms in total. The highest BCUT2D eigenvalue weighted by Crippen LogP contribution is 2.29. The smallest absolute Gasteiger partial charge is 0.248 e. The van der Waals surface area contributed by atoms with Gasteiger partial charge in [-0.15, -0.1) is 10.2 Å². The molecule has 0 spiro atoms. The van der Waals surface area contributed by atoms with Crippen LogP contribution in [0, 0.1) is 0 Å². The average molecular weight is 263 g/mol. The molecule has 102 valence electrons. The zero-order valence-corrected chi connectivity index (χ0v) is 11.4. The van der Waals surface area contributed by atoms with Crippen LogP contribution in [0.25, 0.3) is 11.5 Å². The summed E-state index contributed by atoms with van der Waals surface area (Å²) in [4.78, 5) is 0. The van der Waals surface area contributed by atoms with E-state index < -0.39 is 0 Å². The molecule has 19 heavy (non-hydrogen) atoms. The van der Waals surface area contributed by atoms with Gasteiger partial charge in [-0.05, 0) is 26.1 Å².